The van der Waals surface area contributed by atoms with E-state index in [1.54, 1.807) is 6.33 Å². The summed E-state index contributed by atoms with van der Waals surface area (Å²) in [4.78, 5) is 13.0. The van der Waals surface area contributed by atoms with Crippen molar-refractivity contribution in [2.45, 2.75) is 25.4 Å². The predicted molar refractivity (Wildman–Crippen MR) is 97.8 cm³/mol. The molecule has 3 heterocycles. The maximum absolute atomic E-state index is 9.53. The molecule has 0 amide bonds. The number of furan rings is 1. The molecule has 0 radical (unpaired) electrons. The van der Waals surface area contributed by atoms with Crippen molar-refractivity contribution in [1.29, 1.82) is 0 Å². The monoisotopic (exact) mass is 338 g/mol. The molecule has 1 N–H and O–H groups in total. The van der Waals surface area contributed by atoms with E-state index in [-0.39, 0.29) is 12.6 Å². The predicted octanol–water partition coefficient (Wildman–Crippen LogP) is 2.82. The highest BCUT2D eigenvalue weighted by molar-refractivity contribution is 5.77. The second-order valence-corrected chi connectivity index (χ2v) is 6.51. The van der Waals surface area contributed by atoms with Gasteiger partial charge in [0.05, 0.1) is 19.2 Å². The highest BCUT2D eigenvalue weighted by atomic mass is 16.3. The van der Waals surface area contributed by atoms with E-state index < -0.39 is 0 Å². The number of para-hydroxylation sites is 1. The molecular weight excluding hydrogens is 316 g/mol. The van der Waals surface area contributed by atoms with Crippen molar-refractivity contribution < 1.29 is 9.52 Å². The minimum Gasteiger partial charge on any atom is -0.459 e. The summed E-state index contributed by atoms with van der Waals surface area (Å²) in [5.41, 5.74) is 0.900. The van der Waals surface area contributed by atoms with Crippen LogP contribution in [0.25, 0.3) is 11.0 Å². The minimum atomic E-state index is 0.156. The Morgan fingerprint density at radius 1 is 1.28 bits per heavy atom. The van der Waals surface area contributed by atoms with Gasteiger partial charge in [0.25, 0.3) is 0 Å². The second kappa shape index (κ2) is 6.72. The molecule has 0 bridgehead atoms. The Kier molecular flexibility index (Phi) is 4.28. The molecule has 3 aromatic rings. The number of fused-ring (bicyclic) bond motifs is 1. The smallest absolute Gasteiger partial charge is 0.134 e. The van der Waals surface area contributed by atoms with Crippen LogP contribution in [0.5, 0.6) is 0 Å². The van der Waals surface area contributed by atoms with E-state index >= 15 is 0 Å². The van der Waals surface area contributed by atoms with E-state index in [1.165, 1.54) is 0 Å². The van der Waals surface area contributed by atoms with Crippen molar-refractivity contribution in [2.75, 3.05) is 30.0 Å². The molecule has 130 valence electrons. The van der Waals surface area contributed by atoms with E-state index in [9.17, 15) is 5.11 Å². The number of hydrogen-bond donors (Lipinski definition) is 1. The van der Waals surface area contributed by atoms with E-state index in [1.807, 2.05) is 42.3 Å². The average molecular weight is 338 g/mol. The molecule has 1 atom stereocenters. The number of anilines is 2. The number of aromatic nitrogens is 2. The highest BCUT2D eigenvalue weighted by Gasteiger charge is 2.25. The molecule has 6 heteroatoms. The number of rotatable bonds is 5. The Morgan fingerprint density at radius 2 is 2.16 bits per heavy atom. The molecule has 1 saturated heterocycles. The molecule has 1 unspecified atom stereocenters. The zero-order valence-corrected chi connectivity index (χ0v) is 14.3. The molecule has 1 aliphatic heterocycles. The van der Waals surface area contributed by atoms with Crippen molar-refractivity contribution >= 4 is 22.6 Å². The van der Waals surface area contributed by atoms with Crippen LogP contribution < -0.4 is 9.80 Å². The maximum Gasteiger partial charge on any atom is 0.134 e. The van der Waals surface area contributed by atoms with Crippen molar-refractivity contribution in [1.82, 2.24) is 9.97 Å². The number of benzene rings is 1. The van der Waals surface area contributed by atoms with Gasteiger partial charge in [0, 0.05) is 25.0 Å². The summed E-state index contributed by atoms with van der Waals surface area (Å²) in [6.45, 7) is 1.72. The Labute approximate surface area is 146 Å². The van der Waals surface area contributed by atoms with Crippen LogP contribution in [0.3, 0.4) is 0 Å². The summed E-state index contributed by atoms with van der Waals surface area (Å²) >= 11 is 0. The molecule has 0 spiro atoms. The lowest BCUT2D eigenvalue weighted by atomic mass is 10.2. The lowest BCUT2D eigenvalue weighted by Crippen LogP contribution is -2.33. The summed E-state index contributed by atoms with van der Waals surface area (Å²) < 4.78 is 5.90. The summed E-state index contributed by atoms with van der Waals surface area (Å²) in [7, 11) is 1.99. The van der Waals surface area contributed by atoms with Crippen molar-refractivity contribution in [2.24, 2.45) is 0 Å². The van der Waals surface area contributed by atoms with E-state index in [0.29, 0.717) is 6.54 Å². The van der Waals surface area contributed by atoms with Crippen molar-refractivity contribution in [3.8, 4) is 0 Å². The zero-order valence-electron chi connectivity index (χ0n) is 14.3. The third-order valence-corrected chi connectivity index (χ3v) is 4.78. The molecule has 1 fully saturated rings. The Bertz CT molecular complexity index is 830. The summed E-state index contributed by atoms with van der Waals surface area (Å²) in [6.07, 6.45) is 3.68. The fourth-order valence-electron chi connectivity index (χ4n) is 3.46. The SMILES string of the molecule is CN(Cc1cc2ccccc2o1)c1cc(N2CCCC2CO)ncn1. The Morgan fingerprint density at radius 3 is 3.00 bits per heavy atom. The lowest BCUT2D eigenvalue weighted by Gasteiger charge is -2.25. The Hall–Kier alpha value is -2.60. The summed E-state index contributed by atoms with van der Waals surface area (Å²) in [5.74, 6) is 2.62. The first-order valence-corrected chi connectivity index (χ1v) is 8.63. The van der Waals surface area contributed by atoms with Gasteiger partial charge in [0.1, 0.15) is 29.3 Å². The fourth-order valence-corrected chi connectivity index (χ4v) is 3.46. The fraction of sp³-hybridized carbons (Fsp3) is 0.368. The summed E-state index contributed by atoms with van der Waals surface area (Å²) in [5, 5.41) is 10.6. The maximum atomic E-state index is 9.53. The molecule has 1 aliphatic rings. The molecule has 25 heavy (non-hydrogen) atoms. The van der Waals surface area contributed by atoms with Crippen LogP contribution >= 0.6 is 0 Å². The molecule has 4 rings (SSSR count). The van der Waals surface area contributed by atoms with Crippen LogP contribution in [0.1, 0.15) is 18.6 Å². The van der Waals surface area contributed by atoms with E-state index in [0.717, 1.165) is 47.8 Å². The lowest BCUT2D eigenvalue weighted by molar-refractivity contribution is 0.266. The van der Waals surface area contributed by atoms with Crippen LogP contribution in [0, 0.1) is 0 Å². The molecule has 6 nitrogen and oxygen atoms in total. The second-order valence-electron chi connectivity index (χ2n) is 6.51. The largest absolute Gasteiger partial charge is 0.459 e. The van der Waals surface area contributed by atoms with Crippen LogP contribution in [0.4, 0.5) is 11.6 Å². The average Bonchev–Trinajstić information content (AvgIpc) is 3.27. The topological polar surface area (TPSA) is 65.6 Å². The molecule has 0 aliphatic carbocycles. The molecule has 2 aromatic heterocycles. The van der Waals surface area contributed by atoms with Gasteiger partial charge in [-0.05, 0) is 25.0 Å². The van der Waals surface area contributed by atoms with Gasteiger partial charge in [0.2, 0.25) is 0 Å². The molecule has 0 saturated carbocycles. The summed E-state index contributed by atoms with van der Waals surface area (Å²) in [6, 6.07) is 12.2. The van der Waals surface area contributed by atoms with Gasteiger partial charge in [-0.3, -0.25) is 0 Å². The van der Waals surface area contributed by atoms with Gasteiger partial charge in [-0.25, -0.2) is 9.97 Å². The van der Waals surface area contributed by atoms with Crippen LogP contribution in [0.2, 0.25) is 0 Å². The van der Waals surface area contributed by atoms with Crippen molar-refractivity contribution in [3.05, 3.63) is 48.5 Å². The Balaban J connectivity index is 1.53. The zero-order chi connectivity index (χ0) is 17.2. The van der Waals surface area contributed by atoms with Gasteiger partial charge >= 0.3 is 0 Å². The first-order valence-electron chi connectivity index (χ1n) is 8.63. The molecule has 1 aromatic carbocycles. The van der Waals surface area contributed by atoms with Crippen LogP contribution in [0.15, 0.2) is 47.1 Å². The van der Waals surface area contributed by atoms with Gasteiger partial charge in [-0.2, -0.15) is 0 Å². The number of nitrogens with zero attached hydrogens (tertiary/aromatic N) is 4. The third-order valence-electron chi connectivity index (χ3n) is 4.78. The minimum absolute atomic E-state index is 0.156. The van der Waals surface area contributed by atoms with Gasteiger partial charge < -0.3 is 19.3 Å². The standard InChI is InChI=1S/C19H22N4O2/c1-22(11-16-9-14-5-2-3-7-17(14)25-16)18-10-19(21-13-20-18)23-8-4-6-15(23)12-24/h2-3,5,7,9-10,13,15,24H,4,6,8,11-12H2,1H3. The van der Waals surface area contributed by atoms with E-state index in [4.69, 9.17) is 4.42 Å². The van der Waals surface area contributed by atoms with Crippen LogP contribution in [-0.4, -0.2) is 41.3 Å². The van der Waals surface area contributed by atoms with Crippen LogP contribution in [-0.2, 0) is 6.54 Å². The number of aliphatic hydroxyl groups is 1. The first kappa shape index (κ1) is 15.9. The number of aliphatic hydroxyl groups excluding tert-OH is 1. The quantitative estimate of drug-likeness (QED) is 0.772. The highest BCUT2D eigenvalue weighted by Crippen LogP contribution is 2.26. The van der Waals surface area contributed by atoms with Gasteiger partial charge in [-0.15, -0.1) is 0 Å². The van der Waals surface area contributed by atoms with Gasteiger partial charge in [-0.1, -0.05) is 18.2 Å². The van der Waals surface area contributed by atoms with Crippen molar-refractivity contribution in [3.63, 3.8) is 0 Å². The number of hydrogen-bond acceptors (Lipinski definition) is 6. The normalized spacial score (nSPS) is 17.4. The molecular formula is C19H22N4O2. The van der Waals surface area contributed by atoms with Gasteiger partial charge in [0.15, 0.2) is 0 Å². The van der Waals surface area contributed by atoms with E-state index in [2.05, 4.69) is 20.9 Å². The first-order chi connectivity index (χ1) is 12.2. The third kappa shape index (κ3) is 3.17.